The van der Waals surface area contributed by atoms with Crippen molar-refractivity contribution in [2.75, 3.05) is 0 Å². The first-order valence-electron chi connectivity index (χ1n) is 14.3. The summed E-state index contributed by atoms with van der Waals surface area (Å²) < 4.78 is 49.1. The molecule has 0 radical (unpaired) electrons. The largest absolute Gasteiger partial charge is 0.419 e. The maximum Gasteiger partial charge on any atom is 0.419 e. The Labute approximate surface area is 249 Å². The van der Waals surface area contributed by atoms with Gasteiger partial charge in [0, 0.05) is 41.0 Å². The lowest BCUT2D eigenvalue weighted by atomic mass is 9.87. The van der Waals surface area contributed by atoms with Crippen molar-refractivity contribution in [1.82, 2.24) is 29.9 Å². The van der Waals surface area contributed by atoms with E-state index < -0.39 is 11.7 Å². The maximum atomic E-state index is 12.5. The monoisotopic (exact) mass is 592 g/mol. The molecule has 3 aromatic rings. The third-order valence-corrected chi connectivity index (χ3v) is 7.58. The van der Waals surface area contributed by atoms with Gasteiger partial charge in [0.15, 0.2) is 5.82 Å². The molecule has 0 amide bonds. The summed E-state index contributed by atoms with van der Waals surface area (Å²) in [6.07, 6.45) is 6.41. The smallest absolute Gasteiger partial charge is 0.240 e. The third kappa shape index (κ3) is 11.0. The fourth-order valence-electron chi connectivity index (χ4n) is 3.02. The summed E-state index contributed by atoms with van der Waals surface area (Å²) in [4.78, 5) is 24.3. The Hall–Kier alpha value is -3.04. The van der Waals surface area contributed by atoms with E-state index in [0.717, 1.165) is 37.5 Å². The molecule has 0 unspecified atom stereocenters. The average Bonchev–Trinajstić information content (AvgIpc) is 2.93. The summed E-state index contributed by atoms with van der Waals surface area (Å²) in [5.41, 5.74) is 0.250. The van der Waals surface area contributed by atoms with Crippen LogP contribution in [-0.4, -0.2) is 29.9 Å². The average molecular weight is 593 g/mol. The van der Waals surface area contributed by atoms with Gasteiger partial charge in [0.1, 0.15) is 17.5 Å². The molecule has 0 atom stereocenters. The summed E-state index contributed by atoms with van der Waals surface area (Å²) in [6, 6.07) is 0. The van der Waals surface area contributed by atoms with Crippen LogP contribution in [-0.2, 0) is 27.8 Å². The van der Waals surface area contributed by atoms with Gasteiger partial charge in [-0.15, -0.1) is 0 Å². The summed E-state index contributed by atoms with van der Waals surface area (Å²) in [6.45, 7) is 24.9. The number of hydrogen-bond acceptors (Lipinski definition) is 6. The van der Waals surface area contributed by atoms with Gasteiger partial charge in [-0.1, -0.05) is 83.1 Å². The molecule has 0 saturated heterocycles. The van der Waals surface area contributed by atoms with E-state index in [2.05, 4.69) is 78.4 Å². The van der Waals surface area contributed by atoms with Crippen LogP contribution in [0.3, 0.4) is 0 Å². The van der Waals surface area contributed by atoms with E-state index in [1.54, 1.807) is 0 Å². The molecule has 3 heterocycles. The van der Waals surface area contributed by atoms with Gasteiger partial charge < -0.3 is 0 Å². The molecule has 234 valence electrons. The number of aromatic nitrogens is 6. The molecule has 3 rings (SSSR count). The summed E-state index contributed by atoms with van der Waals surface area (Å²) >= 11 is 0. The Balaban J connectivity index is 0.000000317. The molecule has 0 aliphatic carbocycles. The van der Waals surface area contributed by atoms with Crippen LogP contribution in [0.5, 0.6) is 0 Å². The van der Waals surface area contributed by atoms with E-state index in [-0.39, 0.29) is 27.5 Å². The predicted octanol–water partition coefficient (Wildman–Crippen LogP) is 8.95. The molecule has 0 bridgehead atoms. The molecule has 0 fully saturated rings. The molecule has 6 nitrogen and oxygen atoms in total. The molecule has 0 spiro atoms. The van der Waals surface area contributed by atoms with E-state index in [9.17, 15) is 17.6 Å². The Bertz CT molecular complexity index is 1140. The summed E-state index contributed by atoms with van der Waals surface area (Å²) in [5, 5.41) is 0. The van der Waals surface area contributed by atoms with Gasteiger partial charge in [-0.3, -0.25) is 0 Å². The topological polar surface area (TPSA) is 77.3 Å². The molecule has 0 saturated carbocycles. The minimum Gasteiger partial charge on any atom is -0.240 e. The van der Waals surface area contributed by atoms with E-state index in [0.29, 0.717) is 11.6 Å². The van der Waals surface area contributed by atoms with Crippen LogP contribution in [0.15, 0.2) is 37.2 Å². The summed E-state index contributed by atoms with van der Waals surface area (Å²) in [7, 11) is 0. The Morgan fingerprint density at radius 3 is 0.976 bits per heavy atom. The molecule has 10 heteroatoms. The number of hydrogen-bond donors (Lipinski definition) is 0. The predicted molar refractivity (Wildman–Crippen MR) is 160 cm³/mol. The highest BCUT2D eigenvalue weighted by molar-refractivity contribution is 5.17. The highest BCUT2D eigenvalue weighted by atomic mass is 19.4. The molecular weight excluding hydrogens is 544 g/mol. The van der Waals surface area contributed by atoms with Gasteiger partial charge in [0.25, 0.3) is 0 Å². The van der Waals surface area contributed by atoms with Crippen molar-refractivity contribution in [3.8, 4) is 0 Å². The molecule has 3 aromatic heterocycles. The van der Waals surface area contributed by atoms with Gasteiger partial charge in [0.2, 0.25) is 0 Å². The quantitative estimate of drug-likeness (QED) is 0.266. The van der Waals surface area contributed by atoms with Crippen molar-refractivity contribution in [3.63, 3.8) is 0 Å². The molecule has 0 N–H and O–H groups in total. The van der Waals surface area contributed by atoms with E-state index in [4.69, 9.17) is 0 Å². The lowest BCUT2D eigenvalue weighted by Crippen LogP contribution is -2.21. The van der Waals surface area contributed by atoms with E-state index >= 15 is 0 Å². The first-order valence-corrected chi connectivity index (χ1v) is 14.3. The fraction of sp³-hybridized carbons (Fsp3) is 0.625. The van der Waals surface area contributed by atoms with Crippen molar-refractivity contribution < 1.29 is 17.6 Å². The Morgan fingerprint density at radius 2 is 0.738 bits per heavy atom. The van der Waals surface area contributed by atoms with Crippen LogP contribution in [0, 0.1) is 5.82 Å². The van der Waals surface area contributed by atoms with Crippen LogP contribution >= 0.6 is 0 Å². The Morgan fingerprint density at radius 1 is 0.476 bits per heavy atom. The van der Waals surface area contributed by atoms with Gasteiger partial charge in [-0.2, -0.15) is 13.2 Å². The summed E-state index contributed by atoms with van der Waals surface area (Å²) in [5.74, 6) is 1.70. The number of nitrogens with zero attached hydrogens (tertiary/aromatic N) is 6. The second-order valence-electron chi connectivity index (χ2n) is 13.3. The minimum absolute atomic E-state index is 0.0618. The van der Waals surface area contributed by atoms with Crippen molar-refractivity contribution in [3.05, 3.63) is 71.6 Å². The lowest BCUT2D eigenvalue weighted by Gasteiger charge is -2.23. The van der Waals surface area contributed by atoms with Crippen molar-refractivity contribution in [2.24, 2.45) is 0 Å². The van der Waals surface area contributed by atoms with Crippen molar-refractivity contribution >= 4 is 0 Å². The first-order chi connectivity index (χ1) is 19.1. The number of rotatable bonds is 6. The highest BCUT2D eigenvalue weighted by Gasteiger charge is 2.32. The van der Waals surface area contributed by atoms with Crippen LogP contribution in [0.1, 0.15) is 131 Å². The van der Waals surface area contributed by atoms with Crippen molar-refractivity contribution in [1.29, 1.82) is 0 Å². The fourth-order valence-corrected chi connectivity index (χ4v) is 3.02. The van der Waals surface area contributed by atoms with Gasteiger partial charge >= 0.3 is 6.18 Å². The van der Waals surface area contributed by atoms with Crippen LogP contribution in [0.2, 0.25) is 0 Å². The first kappa shape index (κ1) is 37.0. The lowest BCUT2D eigenvalue weighted by molar-refractivity contribution is -0.138. The van der Waals surface area contributed by atoms with Crippen LogP contribution in [0.25, 0.3) is 0 Å². The van der Waals surface area contributed by atoms with Gasteiger partial charge in [-0.05, 0) is 30.2 Å². The number of alkyl halides is 3. The van der Waals surface area contributed by atoms with Crippen LogP contribution in [0.4, 0.5) is 17.6 Å². The third-order valence-electron chi connectivity index (χ3n) is 7.58. The van der Waals surface area contributed by atoms with E-state index in [1.807, 2.05) is 47.0 Å². The zero-order valence-corrected chi connectivity index (χ0v) is 27.3. The number of halogens is 4. The zero-order chi connectivity index (χ0) is 32.6. The van der Waals surface area contributed by atoms with Crippen molar-refractivity contribution in [2.45, 2.75) is 130 Å². The SMILES string of the molecule is CCC(C)(C)c1ncc(C(C)(C)C)cn1.CCC(C)(C)c1ncc(C(F)(F)F)cn1.CCC(C)(C)c1ncc(F)cn1. The molecular formula is C32H48F4N6. The van der Waals surface area contributed by atoms with E-state index in [1.165, 1.54) is 18.0 Å². The minimum atomic E-state index is -4.37. The molecule has 0 aliphatic heterocycles. The standard InChI is InChI=1S/C13H22N2.C10H13F3N2.C9H13FN2/c1-7-13(5,6)11-14-8-10(9-15-11)12(2,3)4;1-4-9(2,3)8-14-5-7(6-15-8)10(11,12)13;1-4-9(2,3)8-11-5-7(10)6-12-8/h8-9H,7H2,1-6H3;5-6H,4H2,1-3H3;5-6H,4H2,1-3H3. The molecule has 42 heavy (non-hydrogen) atoms. The normalized spacial score (nSPS) is 12.6. The van der Waals surface area contributed by atoms with Gasteiger partial charge in [0.05, 0.1) is 18.0 Å². The molecule has 0 aliphatic rings. The maximum absolute atomic E-state index is 12.5. The Kier molecular flexibility index (Phi) is 12.7. The zero-order valence-electron chi connectivity index (χ0n) is 27.3. The second-order valence-corrected chi connectivity index (χ2v) is 13.3. The van der Waals surface area contributed by atoms with Crippen LogP contribution < -0.4 is 0 Å². The highest BCUT2D eigenvalue weighted by Crippen LogP contribution is 2.30. The second kappa shape index (κ2) is 14.4. The van der Waals surface area contributed by atoms with Gasteiger partial charge in [-0.25, -0.2) is 34.3 Å². The molecule has 0 aromatic carbocycles.